The van der Waals surface area contributed by atoms with Crippen LogP contribution in [-0.4, -0.2) is 43.0 Å². The molecule has 1 unspecified atom stereocenters. The van der Waals surface area contributed by atoms with Crippen molar-refractivity contribution in [1.82, 2.24) is 4.90 Å². The van der Waals surface area contributed by atoms with E-state index in [-0.39, 0.29) is 5.91 Å². The molecule has 2 aliphatic rings. The summed E-state index contributed by atoms with van der Waals surface area (Å²) in [5, 5.41) is 0. The first-order valence-electron chi connectivity index (χ1n) is 12.1. The van der Waals surface area contributed by atoms with Crippen molar-refractivity contribution in [3.8, 4) is 5.75 Å². The van der Waals surface area contributed by atoms with Crippen LogP contribution in [0, 0.1) is 5.92 Å². The molecule has 5 rings (SSSR count). The second-order valence-electron chi connectivity index (χ2n) is 9.10. The van der Waals surface area contributed by atoms with Crippen molar-refractivity contribution in [3.05, 3.63) is 96.1 Å². The van der Waals surface area contributed by atoms with Crippen LogP contribution in [-0.2, 0) is 17.6 Å². The van der Waals surface area contributed by atoms with Crippen molar-refractivity contribution >= 4 is 17.6 Å². The third-order valence-electron chi connectivity index (χ3n) is 6.84. The van der Waals surface area contributed by atoms with Crippen molar-refractivity contribution in [2.75, 3.05) is 25.1 Å². The van der Waals surface area contributed by atoms with E-state index in [0.717, 1.165) is 49.6 Å². The molecule has 3 aromatic carbocycles. The van der Waals surface area contributed by atoms with E-state index in [1.54, 1.807) is 12.0 Å². The highest BCUT2D eigenvalue weighted by atomic mass is 16.5. The lowest BCUT2D eigenvalue weighted by Gasteiger charge is -2.36. The molecule has 2 aliphatic heterocycles. The molecule has 34 heavy (non-hydrogen) atoms. The van der Waals surface area contributed by atoms with Gasteiger partial charge in [-0.25, -0.2) is 9.89 Å². The molecule has 0 saturated carbocycles. The Balaban J connectivity index is 1.38. The number of hydrogen-bond acceptors (Lipinski definition) is 4. The van der Waals surface area contributed by atoms with Crippen LogP contribution in [0.25, 0.3) is 0 Å². The number of likely N-dealkylation sites (tertiary alicyclic amines) is 1. The number of piperidine rings is 1. The fourth-order valence-electron chi connectivity index (χ4n) is 5.02. The van der Waals surface area contributed by atoms with Crippen LogP contribution < -0.4 is 9.64 Å². The van der Waals surface area contributed by atoms with Crippen LogP contribution in [0.1, 0.15) is 24.0 Å². The topological polar surface area (TPSA) is 45.1 Å². The SMILES string of the molecule is COc1ccccc1N1C(=O)C(Cc2ccccc2)N=C1N1CCC(Cc2ccccc2)CC1. The number of hydrogen-bond donors (Lipinski definition) is 0. The van der Waals surface area contributed by atoms with Gasteiger partial charge in [0.25, 0.3) is 5.91 Å². The molecule has 1 atom stereocenters. The number of carbonyl (C=O) groups is 1. The Bertz CT molecular complexity index is 1140. The highest BCUT2D eigenvalue weighted by molar-refractivity contribution is 6.22. The second kappa shape index (κ2) is 10.1. The van der Waals surface area contributed by atoms with Gasteiger partial charge in [-0.3, -0.25) is 4.79 Å². The van der Waals surface area contributed by atoms with Gasteiger partial charge in [0.15, 0.2) is 0 Å². The number of ether oxygens (including phenoxy) is 1. The van der Waals surface area contributed by atoms with Gasteiger partial charge in [0.2, 0.25) is 5.96 Å². The van der Waals surface area contributed by atoms with E-state index >= 15 is 0 Å². The molecule has 0 N–H and O–H groups in total. The Hall–Kier alpha value is -3.60. The molecule has 174 valence electrons. The number of anilines is 1. The zero-order valence-electron chi connectivity index (χ0n) is 19.6. The summed E-state index contributed by atoms with van der Waals surface area (Å²) in [5.41, 5.74) is 3.27. The van der Waals surface area contributed by atoms with Gasteiger partial charge in [-0.1, -0.05) is 72.8 Å². The lowest BCUT2D eigenvalue weighted by Crippen LogP contribution is -2.48. The number of para-hydroxylation sites is 2. The number of benzene rings is 3. The third-order valence-corrected chi connectivity index (χ3v) is 6.84. The molecule has 5 nitrogen and oxygen atoms in total. The van der Waals surface area contributed by atoms with E-state index < -0.39 is 6.04 Å². The molecular formula is C29H31N3O2. The lowest BCUT2D eigenvalue weighted by molar-refractivity contribution is -0.118. The molecule has 0 bridgehead atoms. The van der Waals surface area contributed by atoms with Gasteiger partial charge in [-0.15, -0.1) is 0 Å². The van der Waals surface area contributed by atoms with Crippen LogP contribution in [0.2, 0.25) is 0 Å². The quantitative estimate of drug-likeness (QED) is 0.530. The molecule has 0 aromatic heterocycles. The first kappa shape index (κ1) is 22.2. The Morgan fingerprint density at radius 2 is 1.41 bits per heavy atom. The average Bonchev–Trinajstić information content (AvgIpc) is 3.21. The zero-order chi connectivity index (χ0) is 23.3. The number of carbonyl (C=O) groups excluding carboxylic acids is 1. The molecule has 1 amide bonds. The molecule has 3 aromatic rings. The molecule has 0 aliphatic carbocycles. The number of rotatable bonds is 6. The zero-order valence-corrected chi connectivity index (χ0v) is 19.6. The fourth-order valence-corrected chi connectivity index (χ4v) is 5.02. The maximum Gasteiger partial charge on any atom is 0.259 e. The van der Waals surface area contributed by atoms with Gasteiger partial charge in [-0.2, -0.15) is 0 Å². The van der Waals surface area contributed by atoms with Gasteiger partial charge in [0, 0.05) is 19.5 Å². The lowest BCUT2D eigenvalue weighted by atomic mass is 9.90. The minimum atomic E-state index is -0.427. The molecule has 0 radical (unpaired) electrons. The number of guanidine groups is 1. The van der Waals surface area contributed by atoms with Crippen LogP contribution >= 0.6 is 0 Å². The Morgan fingerprint density at radius 3 is 2.06 bits per heavy atom. The van der Waals surface area contributed by atoms with Crippen molar-refractivity contribution in [3.63, 3.8) is 0 Å². The summed E-state index contributed by atoms with van der Waals surface area (Å²) in [4.78, 5) is 22.7. The minimum Gasteiger partial charge on any atom is -0.495 e. The van der Waals surface area contributed by atoms with Crippen molar-refractivity contribution in [2.24, 2.45) is 10.9 Å². The van der Waals surface area contributed by atoms with Gasteiger partial charge < -0.3 is 9.64 Å². The Morgan fingerprint density at radius 1 is 0.824 bits per heavy atom. The van der Waals surface area contributed by atoms with Crippen LogP contribution in [0.15, 0.2) is 89.9 Å². The largest absolute Gasteiger partial charge is 0.495 e. The first-order chi connectivity index (χ1) is 16.7. The Labute approximate surface area is 201 Å². The van der Waals surface area contributed by atoms with Crippen LogP contribution in [0.5, 0.6) is 5.75 Å². The van der Waals surface area contributed by atoms with Crippen molar-refractivity contribution < 1.29 is 9.53 Å². The van der Waals surface area contributed by atoms with Crippen molar-refractivity contribution in [2.45, 2.75) is 31.7 Å². The average molecular weight is 454 g/mol. The Kier molecular flexibility index (Phi) is 6.61. The van der Waals surface area contributed by atoms with E-state index in [9.17, 15) is 4.79 Å². The second-order valence-corrected chi connectivity index (χ2v) is 9.10. The van der Waals surface area contributed by atoms with Gasteiger partial charge in [-0.05, 0) is 48.4 Å². The highest BCUT2D eigenvalue weighted by Crippen LogP contribution is 2.34. The molecular weight excluding hydrogens is 422 g/mol. The number of aliphatic imine (C=N–C) groups is 1. The van der Waals surface area contributed by atoms with Gasteiger partial charge >= 0.3 is 0 Å². The predicted octanol–water partition coefficient (Wildman–Crippen LogP) is 4.96. The van der Waals surface area contributed by atoms with E-state index in [4.69, 9.17) is 9.73 Å². The van der Waals surface area contributed by atoms with Gasteiger partial charge in [0.05, 0.1) is 12.8 Å². The van der Waals surface area contributed by atoms with E-state index in [1.165, 1.54) is 5.56 Å². The van der Waals surface area contributed by atoms with E-state index in [0.29, 0.717) is 18.1 Å². The molecule has 0 spiro atoms. The number of amides is 1. The van der Waals surface area contributed by atoms with Gasteiger partial charge in [0.1, 0.15) is 11.8 Å². The minimum absolute atomic E-state index is 0.00904. The summed E-state index contributed by atoms with van der Waals surface area (Å²) in [6.45, 7) is 1.79. The number of methoxy groups -OCH3 is 1. The summed E-state index contributed by atoms with van der Waals surface area (Å²) >= 11 is 0. The summed E-state index contributed by atoms with van der Waals surface area (Å²) < 4.78 is 5.61. The monoisotopic (exact) mass is 453 g/mol. The summed E-state index contributed by atoms with van der Waals surface area (Å²) in [6, 6.07) is 28.1. The standard InChI is InChI=1S/C29H31N3O2/c1-34-27-15-9-8-14-26(27)32-28(33)25(21-23-12-6-3-7-13-23)30-29(32)31-18-16-24(17-19-31)20-22-10-4-2-5-11-22/h2-15,24-25H,16-21H2,1H3. The van der Waals surface area contributed by atoms with Crippen LogP contribution in [0.4, 0.5) is 5.69 Å². The molecule has 1 fully saturated rings. The van der Waals surface area contributed by atoms with E-state index in [2.05, 4.69) is 47.4 Å². The maximum atomic E-state index is 13.7. The smallest absolute Gasteiger partial charge is 0.259 e. The first-order valence-corrected chi connectivity index (χ1v) is 12.1. The summed E-state index contributed by atoms with van der Waals surface area (Å²) in [6.07, 6.45) is 3.88. The summed E-state index contributed by atoms with van der Waals surface area (Å²) in [7, 11) is 1.65. The normalized spacial score (nSPS) is 18.8. The number of nitrogens with zero attached hydrogens (tertiary/aromatic N) is 3. The molecule has 5 heteroatoms. The summed E-state index contributed by atoms with van der Waals surface area (Å²) in [5.74, 6) is 2.10. The van der Waals surface area contributed by atoms with E-state index in [1.807, 2.05) is 42.5 Å². The van der Waals surface area contributed by atoms with Crippen molar-refractivity contribution in [1.29, 1.82) is 0 Å². The molecule has 1 saturated heterocycles. The highest BCUT2D eigenvalue weighted by Gasteiger charge is 2.40. The maximum absolute atomic E-state index is 13.7. The predicted molar refractivity (Wildman–Crippen MR) is 136 cm³/mol. The molecule has 2 heterocycles. The third kappa shape index (κ3) is 4.69. The fraction of sp³-hybridized carbons (Fsp3) is 0.310. The van der Waals surface area contributed by atoms with Crippen LogP contribution in [0.3, 0.4) is 0 Å².